The molecule has 5 atom stereocenters. The zero-order valence-corrected chi connectivity index (χ0v) is 18.5. The Hall–Kier alpha value is -1.87. The molecule has 1 aliphatic carbocycles. The molecule has 9 heteroatoms. The number of rotatable bonds is 4. The Kier molecular flexibility index (Phi) is 5.81. The van der Waals surface area contributed by atoms with E-state index in [9.17, 15) is 9.59 Å². The van der Waals surface area contributed by atoms with Crippen LogP contribution in [0, 0.1) is 24.7 Å². The summed E-state index contributed by atoms with van der Waals surface area (Å²) in [6.45, 7) is 4.89. The molecular weight excluding hydrogens is 418 g/mol. The van der Waals surface area contributed by atoms with Crippen molar-refractivity contribution in [2.45, 2.75) is 38.3 Å². The number of amides is 2. The topological polar surface area (TPSA) is 85.9 Å². The van der Waals surface area contributed by atoms with Gasteiger partial charge in [0.05, 0.1) is 0 Å². The van der Waals surface area contributed by atoms with Gasteiger partial charge in [-0.05, 0) is 49.9 Å². The first kappa shape index (κ1) is 21.0. The number of likely N-dealkylation sites (tertiary alicyclic amines) is 2. The van der Waals surface area contributed by atoms with Crippen molar-refractivity contribution in [3.8, 4) is 5.75 Å². The van der Waals surface area contributed by atoms with Crippen molar-refractivity contribution in [1.29, 1.82) is 0 Å². The molecule has 31 heavy (non-hydrogen) atoms. The second kappa shape index (κ2) is 8.58. The summed E-state index contributed by atoms with van der Waals surface area (Å²) in [5.74, 6) is 1.82. The average molecular weight is 448 g/mol. The van der Waals surface area contributed by atoms with Gasteiger partial charge in [0, 0.05) is 61.0 Å². The number of hydrogen-bond donors (Lipinski definition) is 3. The molecular formula is C22H30ClN5O3. The van der Waals surface area contributed by atoms with Crippen LogP contribution in [0.15, 0.2) is 18.2 Å². The number of carbonyl (C=O) groups is 2. The van der Waals surface area contributed by atoms with Crippen LogP contribution in [-0.4, -0.2) is 66.5 Å². The normalized spacial score (nSPS) is 32.1. The summed E-state index contributed by atoms with van der Waals surface area (Å²) in [5.41, 5.74) is 10.4. The van der Waals surface area contributed by atoms with Crippen LogP contribution in [0.3, 0.4) is 0 Å². The van der Waals surface area contributed by atoms with Gasteiger partial charge in [-0.1, -0.05) is 11.6 Å². The molecule has 1 aromatic carbocycles. The Morgan fingerprint density at radius 2 is 1.77 bits per heavy atom. The molecule has 3 N–H and O–H groups in total. The summed E-state index contributed by atoms with van der Waals surface area (Å²) in [6.07, 6.45) is 2.83. The van der Waals surface area contributed by atoms with Crippen molar-refractivity contribution in [1.82, 2.24) is 26.2 Å². The second-order valence-electron chi connectivity index (χ2n) is 9.40. The second-order valence-corrected chi connectivity index (χ2v) is 9.83. The molecule has 1 saturated carbocycles. The zero-order chi connectivity index (χ0) is 21.5. The highest BCUT2D eigenvalue weighted by molar-refractivity contribution is 6.30. The number of aryl methyl sites for hydroxylation is 1. The average Bonchev–Trinajstić information content (AvgIpc) is 3.46. The first-order valence-corrected chi connectivity index (χ1v) is 11.6. The predicted molar refractivity (Wildman–Crippen MR) is 116 cm³/mol. The fraction of sp³-hybridized carbons (Fsp3) is 0.636. The maximum Gasteiger partial charge on any atom is 0.260 e. The number of hydrogen-bond acceptors (Lipinski definition) is 6. The van der Waals surface area contributed by atoms with E-state index in [0.717, 1.165) is 37.9 Å². The number of nitrogens with zero attached hydrogens (tertiary/aromatic N) is 2. The maximum atomic E-state index is 13.1. The van der Waals surface area contributed by atoms with Crippen LogP contribution in [0.25, 0.3) is 0 Å². The molecule has 8 nitrogen and oxygen atoms in total. The SMILES string of the molecule is Cc1cc(Cl)ccc1OCC(=O)N1C[C@@H]2CN(C(=O)C3CCC4NNNC4C3)C[C@@H]2C1. The molecule has 168 valence electrons. The lowest BCUT2D eigenvalue weighted by molar-refractivity contribution is -0.136. The van der Waals surface area contributed by atoms with Crippen LogP contribution in [0.2, 0.25) is 5.02 Å². The van der Waals surface area contributed by atoms with Gasteiger partial charge in [-0.3, -0.25) is 9.59 Å². The van der Waals surface area contributed by atoms with Crippen molar-refractivity contribution < 1.29 is 14.3 Å². The van der Waals surface area contributed by atoms with Gasteiger partial charge < -0.3 is 14.5 Å². The third-order valence-electron chi connectivity index (χ3n) is 7.35. The Morgan fingerprint density at radius 1 is 1.06 bits per heavy atom. The summed E-state index contributed by atoms with van der Waals surface area (Å²) in [6, 6.07) is 6.13. The fourth-order valence-electron chi connectivity index (χ4n) is 5.59. The van der Waals surface area contributed by atoms with E-state index in [4.69, 9.17) is 16.3 Å². The standard InChI is InChI=1S/C22H30ClN5O3/c1-13-6-17(23)3-5-20(13)31-12-21(29)27-8-15-10-28(11-16(15)9-27)22(30)14-2-4-18-19(7-14)25-26-24-18/h3,5-6,14-16,18-19,24-26H,2,4,7-12H2,1H3/t14?,15-,16+,18?,19?. The van der Waals surface area contributed by atoms with Crippen LogP contribution in [0.5, 0.6) is 5.75 Å². The Bertz CT molecular complexity index is 854. The molecule has 4 fully saturated rings. The van der Waals surface area contributed by atoms with Crippen LogP contribution >= 0.6 is 11.6 Å². The van der Waals surface area contributed by atoms with Crippen molar-refractivity contribution in [3.05, 3.63) is 28.8 Å². The maximum absolute atomic E-state index is 13.1. The summed E-state index contributed by atoms with van der Waals surface area (Å²) in [7, 11) is 0. The molecule has 3 saturated heterocycles. The lowest BCUT2D eigenvalue weighted by atomic mass is 9.82. The van der Waals surface area contributed by atoms with Gasteiger partial charge in [0.1, 0.15) is 5.75 Å². The van der Waals surface area contributed by atoms with Crippen molar-refractivity contribution >= 4 is 23.4 Å². The highest BCUT2D eigenvalue weighted by atomic mass is 35.5. The fourth-order valence-corrected chi connectivity index (χ4v) is 5.82. The number of benzene rings is 1. The van der Waals surface area contributed by atoms with Crippen LogP contribution < -0.4 is 21.1 Å². The minimum absolute atomic E-state index is 0.00672. The summed E-state index contributed by atoms with van der Waals surface area (Å²) in [5, 5.41) is 0.656. The smallest absolute Gasteiger partial charge is 0.260 e. The van der Waals surface area contributed by atoms with E-state index in [0.29, 0.717) is 53.7 Å². The lowest BCUT2D eigenvalue weighted by Gasteiger charge is -2.32. The molecule has 5 rings (SSSR count). The monoisotopic (exact) mass is 447 g/mol. The largest absolute Gasteiger partial charge is 0.483 e. The Morgan fingerprint density at radius 3 is 2.52 bits per heavy atom. The van der Waals surface area contributed by atoms with Gasteiger partial charge in [0.25, 0.3) is 5.91 Å². The van der Waals surface area contributed by atoms with Gasteiger partial charge >= 0.3 is 0 Å². The molecule has 0 spiro atoms. The van der Waals surface area contributed by atoms with E-state index in [1.807, 2.05) is 22.8 Å². The quantitative estimate of drug-likeness (QED) is 0.640. The summed E-state index contributed by atoms with van der Waals surface area (Å²) < 4.78 is 5.73. The van der Waals surface area contributed by atoms with Crippen molar-refractivity contribution in [2.24, 2.45) is 17.8 Å². The van der Waals surface area contributed by atoms with E-state index in [-0.39, 0.29) is 18.4 Å². The first-order chi connectivity index (χ1) is 15.0. The molecule has 1 aromatic rings. The number of nitrogens with one attached hydrogen (secondary N) is 3. The Labute approximate surface area is 187 Å². The molecule has 3 heterocycles. The highest BCUT2D eigenvalue weighted by Gasteiger charge is 2.45. The third-order valence-corrected chi connectivity index (χ3v) is 7.59. The predicted octanol–water partition coefficient (Wildman–Crippen LogP) is 1.09. The van der Waals surface area contributed by atoms with E-state index in [1.54, 1.807) is 12.1 Å². The van der Waals surface area contributed by atoms with E-state index >= 15 is 0 Å². The highest BCUT2D eigenvalue weighted by Crippen LogP contribution is 2.34. The van der Waals surface area contributed by atoms with Gasteiger partial charge in [0.15, 0.2) is 6.61 Å². The van der Waals surface area contributed by atoms with Crippen LogP contribution in [0.4, 0.5) is 0 Å². The van der Waals surface area contributed by atoms with Crippen molar-refractivity contribution in [3.63, 3.8) is 0 Å². The number of ether oxygens (including phenoxy) is 1. The molecule has 0 aromatic heterocycles. The zero-order valence-electron chi connectivity index (χ0n) is 17.8. The molecule has 4 aliphatic rings. The first-order valence-electron chi connectivity index (χ1n) is 11.2. The Balaban J connectivity index is 1.10. The number of fused-ring (bicyclic) bond motifs is 2. The minimum Gasteiger partial charge on any atom is -0.483 e. The summed E-state index contributed by atoms with van der Waals surface area (Å²) in [4.78, 5) is 29.7. The lowest BCUT2D eigenvalue weighted by Crippen LogP contribution is -2.45. The summed E-state index contributed by atoms with van der Waals surface area (Å²) >= 11 is 5.98. The molecule has 0 radical (unpaired) electrons. The van der Waals surface area contributed by atoms with Gasteiger partial charge in [0.2, 0.25) is 5.91 Å². The van der Waals surface area contributed by atoms with E-state index < -0.39 is 0 Å². The van der Waals surface area contributed by atoms with E-state index in [2.05, 4.69) is 16.4 Å². The van der Waals surface area contributed by atoms with E-state index in [1.165, 1.54) is 0 Å². The molecule has 3 aliphatic heterocycles. The van der Waals surface area contributed by atoms with Crippen molar-refractivity contribution in [2.75, 3.05) is 32.8 Å². The van der Waals surface area contributed by atoms with Gasteiger partial charge in [-0.2, -0.15) is 5.53 Å². The van der Waals surface area contributed by atoms with Gasteiger partial charge in [-0.25, -0.2) is 10.9 Å². The van der Waals surface area contributed by atoms with Gasteiger partial charge in [-0.15, -0.1) is 0 Å². The molecule has 0 bridgehead atoms. The number of hydrazine groups is 2. The number of halogens is 1. The number of carbonyl (C=O) groups excluding carboxylic acids is 2. The van der Waals surface area contributed by atoms with Crippen LogP contribution in [0.1, 0.15) is 24.8 Å². The molecule has 2 amide bonds. The van der Waals surface area contributed by atoms with Crippen LogP contribution in [-0.2, 0) is 9.59 Å². The molecule has 3 unspecified atom stereocenters. The minimum atomic E-state index is 0.00672. The third kappa shape index (κ3) is 4.26.